The normalized spacial score (nSPS) is 10.5. The van der Waals surface area contributed by atoms with Gasteiger partial charge in [0.1, 0.15) is 17.2 Å². The molecule has 0 fully saturated rings. The first-order chi connectivity index (χ1) is 10.1. The molecule has 104 valence electrons. The van der Waals surface area contributed by atoms with E-state index >= 15 is 0 Å². The quantitative estimate of drug-likeness (QED) is 0.758. The van der Waals surface area contributed by atoms with Crippen molar-refractivity contribution in [2.45, 2.75) is 0 Å². The number of fused-ring (bicyclic) bond motifs is 1. The van der Waals surface area contributed by atoms with Gasteiger partial charge in [-0.05, 0) is 30.3 Å². The average molecular weight is 283 g/mol. The molecule has 2 N–H and O–H groups in total. The summed E-state index contributed by atoms with van der Waals surface area (Å²) in [5.41, 5.74) is -0.161. The zero-order chi connectivity index (χ0) is 14.8. The lowest BCUT2D eigenvalue weighted by molar-refractivity contribution is 0.102. The van der Waals surface area contributed by atoms with Gasteiger partial charge >= 0.3 is 0 Å². The number of pyridine rings is 2. The number of halogens is 1. The number of rotatable bonds is 2. The molecule has 0 saturated carbocycles. The molecule has 0 radical (unpaired) electrons. The van der Waals surface area contributed by atoms with Gasteiger partial charge < -0.3 is 10.3 Å². The Labute approximate surface area is 118 Å². The van der Waals surface area contributed by atoms with Crippen LogP contribution in [-0.2, 0) is 0 Å². The molecule has 0 bridgehead atoms. The number of hydrogen-bond acceptors (Lipinski definition) is 3. The molecular weight excluding hydrogens is 273 g/mol. The van der Waals surface area contributed by atoms with Crippen LogP contribution in [0.5, 0.6) is 0 Å². The maximum Gasteiger partial charge on any atom is 0.262 e. The Morgan fingerprint density at radius 2 is 2.10 bits per heavy atom. The Morgan fingerprint density at radius 1 is 1.24 bits per heavy atom. The largest absolute Gasteiger partial charge is 0.360 e. The summed E-state index contributed by atoms with van der Waals surface area (Å²) in [5, 5.41) is 2.64. The van der Waals surface area contributed by atoms with Gasteiger partial charge in [0.25, 0.3) is 5.91 Å². The average Bonchev–Trinajstić information content (AvgIpc) is 2.49. The molecule has 0 unspecified atom stereocenters. The molecule has 5 nitrogen and oxygen atoms in total. The van der Waals surface area contributed by atoms with Crippen LogP contribution in [0.15, 0.2) is 53.6 Å². The number of H-pyrrole nitrogens is 1. The predicted octanol–water partition coefficient (Wildman–Crippen LogP) is 2.31. The van der Waals surface area contributed by atoms with E-state index in [1.54, 1.807) is 18.2 Å². The number of anilines is 1. The number of nitrogens with one attached hydrogen (secondary N) is 2. The smallest absolute Gasteiger partial charge is 0.262 e. The number of aromatic amines is 1. The van der Waals surface area contributed by atoms with Gasteiger partial charge in [-0.15, -0.1) is 0 Å². The first-order valence-corrected chi connectivity index (χ1v) is 6.18. The summed E-state index contributed by atoms with van der Waals surface area (Å²) < 4.78 is 13.2. The minimum Gasteiger partial charge on any atom is -0.360 e. The summed E-state index contributed by atoms with van der Waals surface area (Å²) in [6.45, 7) is 0. The zero-order valence-corrected chi connectivity index (χ0v) is 10.8. The Balaban J connectivity index is 2.02. The highest BCUT2D eigenvalue weighted by Crippen LogP contribution is 2.11. The van der Waals surface area contributed by atoms with Crippen molar-refractivity contribution in [1.82, 2.24) is 9.97 Å². The van der Waals surface area contributed by atoms with Gasteiger partial charge in [-0.25, -0.2) is 9.37 Å². The van der Waals surface area contributed by atoms with E-state index < -0.39 is 17.2 Å². The van der Waals surface area contributed by atoms with Crippen molar-refractivity contribution in [2.75, 3.05) is 5.32 Å². The van der Waals surface area contributed by atoms with E-state index in [0.29, 0.717) is 11.3 Å². The van der Waals surface area contributed by atoms with Crippen LogP contribution in [0.25, 0.3) is 10.9 Å². The van der Waals surface area contributed by atoms with Crippen LogP contribution in [0.2, 0.25) is 0 Å². The molecule has 21 heavy (non-hydrogen) atoms. The van der Waals surface area contributed by atoms with Crippen molar-refractivity contribution in [3.05, 3.63) is 70.4 Å². The fourth-order valence-electron chi connectivity index (χ4n) is 1.98. The van der Waals surface area contributed by atoms with Crippen LogP contribution in [0.3, 0.4) is 0 Å². The van der Waals surface area contributed by atoms with E-state index in [2.05, 4.69) is 15.3 Å². The highest BCUT2D eigenvalue weighted by Gasteiger charge is 2.13. The molecule has 0 saturated heterocycles. The molecule has 2 heterocycles. The van der Waals surface area contributed by atoms with Crippen molar-refractivity contribution >= 4 is 22.6 Å². The van der Waals surface area contributed by atoms with E-state index in [-0.39, 0.29) is 10.9 Å². The number of nitrogens with zero attached hydrogens (tertiary/aromatic N) is 1. The van der Waals surface area contributed by atoms with Crippen molar-refractivity contribution in [2.24, 2.45) is 0 Å². The summed E-state index contributed by atoms with van der Waals surface area (Å²) in [4.78, 5) is 31.1. The lowest BCUT2D eigenvalue weighted by atomic mass is 10.1. The molecule has 1 amide bonds. The number of benzene rings is 1. The zero-order valence-electron chi connectivity index (χ0n) is 10.8. The first kappa shape index (κ1) is 13.0. The van der Waals surface area contributed by atoms with E-state index in [4.69, 9.17) is 0 Å². The second-order valence-electron chi connectivity index (χ2n) is 4.39. The number of hydrogen-bond donors (Lipinski definition) is 2. The van der Waals surface area contributed by atoms with Gasteiger partial charge in [0.05, 0.1) is 0 Å². The van der Waals surface area contributed by atoms with Crippen LogP contribution >= 0.6 is 0 Å². The fraction of sp³-hybridized carbons (Fsp3) is 0. The number of amides is 1. The summed E-state index contributed by atoms with van der Waals surface area (Å²) in [6.07, 6.45) is 2.83. The van der Waals surface area contributed by atoms with Gasteiger partial charge in [0, 0.05) is 23.3 Å². The molecule has 1 aromatic carbocycles. The second-order valence-corrected chi connectivity index (χ2v) is 4.39. The Hall–Kier alpha value is -3.02. The lowest BCUT2D eigenvalue weighted by Crippen LogP contribution is -2.22. The summed E-state index contributed by atoms with van der Waals surface area (Å²) in [6, 6.07) is 8.82. The highest BCUT2D eigenvalue weighted by atomic mass is 19.1. The third-order valence-corrected chi connectivity index (χ3v) is 2.99. The predicted molar refractivity (Wildman–Crippen MR) is 76.7 cm³/mol. The van der Waals surface area contributed by atoms with Crippen molar-refractivity contribution < 1.29 is 9.18 Å². The van der Waals surface area contributed by atoms with Gasteiger partial charge in [0.15, 0.2) is 0 Å². The summed E-state index contributed by atoms with van der Waals surface area (Å²) in [5.74, 6) is -0.794. The first-order valence-electron chi connectivity index (χ1n) is 6.18. The van der Waals surface area contributed by atoms with Gasteiger partial charge in [-0.3, -0.25) is 9.59 Å². The van der Waals surface area contributed by atoms with Gasteiger partial charge in [-0.1, -0.05) is 6.07 Å². The summed E-state index contributed by atoms with van der Waals surface area (Å²) >= 11 is 0. The van der Waals surface area contributed by atoms with Crippen LogP contribution < -0.4 is 10.7 Å². The Bertz CT molecular complexity index is 875. The molecule has 2 aromatic heterocycles. The van der Waals surface area contributed by atoms with E-state index in [0.717, 1.165) is 6.07 Å². The van der Waals surface area contributed by atoms with Crippen LogP contribution in [-0.4, -0.2) is 15.9 Å². The van der Waals surface area contributed by atoms with Crippen molar-refractivity contribution in [3.63, 3.8) is 0 Å². The van der Waals surface area contributed by atoms with E-state index in [1.165, 1.54) is 24.5 Å². The molecule has 0 spiro atoms. The number of carbonyl (C=O) groups is 1. The minimum atomic E-state index is -0.596. The molecular formula is C15H10FN3O2. The summed E-state index contributed by atoms with van der Waals surface area (Å²) in [7, 11) is 0. The monoisotopic (exact) mass is 283 g/mol. The van der Waals surface area contributed by atoms with Crippen LogP contribution in [0, 0.1) is 5.82 Å². The van der Waals surface area contributed by atoms with Crippen LogP contribution in [0.1, 0.15) is 10.4 Å². The van der Waals surface area contributed by atoms with Gasteiger partial charge in [-0.2, -0.15) is 0 Å². The SMILES string of the molecule is O=C(Nc1ccccn1)c1c[nH]c2ccc(F)cc2c1=O. The van der Waals surface area contributed by atoms with E-state index in [1.807, 2.05) is 0 Å². The molecule has 0 aliphatic rings. The molecule has 3 rings (SSSR count). The van der Waals surface area contributed by atoms with Crippen molar-refractivity contribution in [1.29, 1.82) is 0 Å². The van der Waals surface area contributed by atoms with Crippen molar-refractivity contribution in [3.8, 4) is 0 Å². The lowest BCUT2D eigenvalue weighted by Gasteiger charge is -2.05. The fourth-order valence-corrected chi connectivity index (χ4v) is 1.98. The number of aromatic nitrogens is 2. The van der Waals surface area contributed by atoms with E-state index in [9.17, 15) is 14.0 Å². The maximum atomic E-state index is 13.2. The molecule has 0 aliphatic carbocycles. The topological polar surface area (TPSA) is 74.8 Å². The third kappa shape index (κ3) is 2.51. The molecule has 0 atom stereocenters. The maximum absolute atomic E-state index is 13.2. The highest BCUT2D eigenvalue weighted by molar-refractivity contribution is 6.05. The minimum absolute atomic E-state index is 0.0984. The van der Waals surface area contributed by atoms with Gasteiger partial charge in [0.2, 0.25) is 5.43 Å². The standard InChI is InChI=1S/C15H10FN3O2/c16-9-4-5-12-10(7-9)14(20)11(8-18-12)15(21)19-13-3-1-2-6-17-13/h1-8H,(H,18,20)(H,17,19,21). The molecule has 0 aliphatic heterocycles. The third-order valence-electron chi connectivity index (χ3n) is 2.99. The Morgan fingerprint density at radius 3 is 2.86 bits per heavy atom. The number of carbonyl (C=O) groups excluding carboxylic acids is 1. The molecule has 6 heteroatoms. The molecule has 3 aromatic rings. The van der Waals surface area contributed by atoms with Crippen LogP contribution in [0.4, 0.5) is 10.2 Å². The second kappa shape index (κ2) is 5.16. The Kier molecular flexibility index (Phi) is 3.19.